The Kier molecular flexibility index (Phi) is 6.32. The third-order valence-corrected chi connectivity index (χ3v) is 9.09. The molecule has 2 aromatic heterocycles. The first-order chi connectivity index (χ1) is 21.4. The van der Waals surface area contributed by atoms with Crippen LogP contribution in [0.3, 0.4) is 0 Å². The summed E-state index contributed by atoms with van der Waals surface area (Å²) in [7, 11) is 0. The van der Waals surface area contributed by atoms with Crippen LogP contribution in [0.4, 0.5) is 0 Å². The molecule has 0 N–H and O–H groups in total. The Balaban J connectivity index is 1.53. The predicted molar refractivity (Wildman–Crippen MR) is 180 cm³/mol. The largest absolute Gasteiger partial charge is 0.135 e. The summed E-state index contributed by atoms with van der Waals surface area (Å²) in [6.45, 7) is 0. The smallest absolute Gasteiger partial charge is 0.105 e. The molecule has 4 heteroatoms. The highest BCUT2D eigenvalue weighted by molar-refractivity contribution is 7.26. The number of hydrogen-bond donors (Lipinski definition) is 0. The van der Waals surface area contributed by atoms with Gasteiger partial charge in [-0.3, -0.25) is 0 Å². The summed E-state index contributed by atoms with van der Waals surface area (Å²) in [6, 6.07) is 53.2. The van der Waals surface area contributed by atoms with Crippen molar-refractivity contribution in [3.63, 3.8) is 0 Å². The Morgan fingerprint density at radius 3 is 1.70 bits per heavy atom. The van der Waals surface area contributed by atoms with Gasteiger partial charge in [0.25, 0.3) is 0 Å². The van der Waals surface area contributed by atoms with E-state index in [-0.39, 0.29) is 0 Å². The standard InChI is InChI=1S/C39H25N3S/c1-4-14-26(15-5-1)29-20-10-11-21-30(29)36-32(24-25-34-37(36)31-22-12-13-23-33(31)43-34)39-35(27-16-6-2-7-17-27)38(40-42-41-39)28-18-8-3-9-19-28/h1-25H. The zero-order valence-electron chi connectivity index (χ0n) is 23.2. The normalized spacial score (nSPS) is 11.3. The molecule has 0 saturated carbocycles. The lowest BCUT2D eigenvalue weighted by atomic mass is 9.86. The third kappa shape index (κ3) is 4.40. The van der Waals surface area contributed by atoms with Crippen molar-refractivity contribution in [3.8, 4) is 55.9 Å². The van der Waals surface area contributed by atoms with Crippen molar-refractivity contribution in [2.24, 2.45) is 0 Å². The fourth-order valence-corrected chi connectivity index (χ4v) is 7.17. The highest BCUT2D eigenvalue weighted by Gasteiger charge is 2.24. The maximum Gasteiger partial charge on any atom is 0.105 e. The molecule has 3 nitrogen and oxygen atoms in total. The molecule has 2 heterocycles. The van der Waals surface area contributed by atoms with Crippen LogP contribution in [-0.4, -0.2) is 15.4 Å². The number of rotatable bonds is 5. The van der Waals surface area contributed by atoms with E-state index in [4.69, 9.17) is 5.10 Å². The van der Waals surface area contributed by atoms with E-state index in [0.29, 0.717) is 0 Å². The number of aromatic nitrogens is 3. The van der Waals surface area contributed by atoms with Crippen molar-refractivity contribution in [2.45, 2.75) is 0 Å². The Morgan fingerprint density at radius 1 is 0.372 bits per heavy atom. The summed E-state index contributed by atoms with van der Waals surface area (Å²) in [5, 5.41) is 16.3. The van der Waals surface area contributed by atoms with Crippen LogP contribution in [0.15, 0.2) is 152 Å². The summed E-state index contributed by atoms with van der Waals surface area (Å²) < 4.78 is 2.51. The van der Waals surface area contributed by atoms with Gasteiger partial charge in [0, 0.05) is 42.4 Å². The molecular formula is C39H25N3S. The zero-order chi connectivity index (χ0) is 28.6. The first-order valence-corrected chi connectivity index (χ1v) is 15.1. The molecule has 0 amide bonds. The van der Waals surface area contributed by atoms with Gasteiger partial charge in [0.05, 0.1) is 0 Å². The minimum absolute atomic E-state index is 0.814. The van der Waals surface area contributed by atoms with Gasteiger partial charge < -0.3 is 0 Å². The van der Waals surface area contributed by atoms with E-state index >= 15 is 0 Å². The summed E-state index contributed by atoms with van der Waals surface area (Å²) in [4.78, 5) is 0. The molecule has 0 spiro atoms. The van der Waals surface area contributed by atoms with Crippen LogP contribution in [0.2, 0.25) is 0 Å². The van der Waals surface area contributed by atoms with E-state index in [9.17, 15) is 0 Å². The molecule has 6 aromatic carbocycles. The lowest BCUT2D eigenvalue weighted by Crippen LogP contribution is -2.01. The molecule has 8 aromatic rings. The van der Waals surface area contributed by atoms with Crippen molar-refractivity contribution >= 4 is 31.5 Å². The van der Waals surface area contributed by atoms with E-state index in [0.717, 1.165) is 44.8 Å². The average molecular weight is 568 g/mol. The molecule has 0 radical (unpaired) electrons. The zero-order valence-corrected chi connectivity index (χ0v) is 24.0. The Labute approximate surface area is 253 Å². The van der Waals surface area contributed by atoms with Gasteiger partial charge >= 0.3 is 0 Å². The quantitative estimate of drug-likeness (QED) is 0.208. The first kappa shape index (κ1) is 25.3. The minimum atomic E-state index is 0.814. The van der Waals surface area contributed by atoms with Crippen LogP contribution in [0, 0.1) is 0 Å². The molecular weight excluding hydrogens is 543 g/mol. The predicted octanol–water partition coefficient (Wildman–Crippen LogP) is 10.6. The second kappa shape index (κ2) is 10.8. The van der Waals surface area contributed by atoms with Crippen molar-refractivity contribution in [3.05, 3.63) is 152 Å². The lowest BCUT2D eigenvalue weighted by molar-refractivity contribution is 0.879. The van der Waals surface area contributed by atoms with Crippen molar-refractivity contribution in [1.29, 1.82) is 0 Å². The van der Waals surface area contributed by atoms with E-state index < -0.39 is 0 Å². The summed E-state index contributed by atoms with van der Waals surface area (Å²) in [5.74, 6) is 0. The first-order valence-electron chi connectivity index (χ1n) is 14.3. The highest BCUT2D eigenvalue weighted by atomic mass is 32.1. The molecule has 8 rings (SSSR count). The monoisotopic (exact) mass is 567 g/mol. The van der Waals surface area contributed by atoms with Gasteiger partial charge in [-0.05, 0) is 39.6 Å². The molecule has 0 aliphatic carbocycles. The average Bonchev–Trinajstić information content (AvgIpc) is 3.47. The Hall–Kier alpha value is -5.45. The third-order valence-electron chi connectivity index (χ3n) is 7.95. The summed E-state index contributed by atoms with van der Waals surface area (Å²) in [6.07, 6.45) is 0. The van der Waals surface area contributed by atoms with Gasteiger partial charge in [0.15, 0.2) is 0 Å². The maximum absolute atomic E-state index is 4.81. The Bertz CT molecular complexity index is 2220. The fraction of sp³-hybridized carbons (Fsp3) is 0. The van der Waals surface area contributed by atoms with E-state index in [1.807, 2.05) is 35.6 Å². The van der Waals surface area contributed by atoms with Gasteiger partial charge in [0.1, 0.15) is 11.4 Å². The molecule has 0 aliphatic heterocycles. The molecule has 43 heavy (non-hydrogen) atoms. The van der Waals surface area contributed by atoms with Gasteiger partial charge in [-0.15, -0.1) is 21.5 Å². The number of nitrogens with zero attached hydrogens (tertiary/aromatic N) is 3. The maximum atomic E-state index is 4.81. The topological polar surface area (TPSA) is 38.7 Å². The Morgan fingerprint density at radius 2 is 0.953 bits per heavy atom. The molecule has 0 fully saturated rings. The second-order valence-electron chi connectivity index (χ2n) is 10.5. The van der Waals surface area contributed by atoms with E-state index in [1.54, 1.807) is 0 Å². The van der Waals surface area contributed by atoms with Gasteiger partial charge in [-0.1, -0.05) is 140 Å². The van der Waals surface area contributed by atoms with Crippen LogP contribution in [0.1, 0.15) is 0 Å². The summed E-state index contributed by atoms with van der Waals surface area (Å²) in [5.41, 5.74) is 10.4. The highest BCUT2D eigenvalue weighted by Crippen LogP contribution is 2.49. The van der Waals surface area contributed by atoms with Crippen molar-refractivity contribution in [1.82, 2.24) is 15.4 Å². The van der Waals surface area contributed by atoms with Gasteiger partial charge in [0.2, 0.25) is 0 Å². The van der Waals surface area contributed by atoms with Crippen molar-refractivity contribution in [2.75, 3.05) is 0 Å². The van der Waals surface area contributed by atoms with Gasteiger partial charge in [-0.2, -0.15) is 0 Å². The van der Waals surface area contributed by atoms with Crippen LogP contribution in [-0.2, 0) is 0 Å². The minimum Gasteiger partial charge on any atom is -0.135 e. The molecule has 0 bridgehead atoms. The molecule has 0 atom stereocenters. The SMILES string of the molecule is c1ccc(-c2ccccc2-c2c(-c3nnnc(-c4ccccc4)c3-c3ccccc3)ccc3sc4ccccc4c23)cc1. The van der Waals surface area contributed by atoms with Gasteiger partial charge in [-0.25, -0.2) is 0 Å². The van der Waals surface area contributed by atoms with Crippen LogP contribution < -0.4 is 0 Å². The molecule has 0 unspecified atom stereocenters. The summed E-state index contributed by atoms with van der Waals surface area (Å²) >= 11 is 1.83. The molecule has 202 valence electrons. The second-order valence-corrected chi connectivity index (χ2v) is 11.5. The van der Waals surface area contributed by atoms with E-state index in [2.05, 4.69) is 138 Å². The number of fused-ring (bicyclic) bond motifs is 3. The van der Waals surface area contributed by atoms with E-state index in [1.165, 1.54) is 31.3 Å². The van der Waals surface area contributed by atoms with Crippen LogP contribution in [0.5, 0.6) is 0 Å². The van der Waals surface area contributed by atoms with Crippen molar-refractivity contribution < 1.29 is 0 Å². The number of thiophene rings is 1. The lowest BCUT2D eigenvalue weighted by Gasteiger charge is -2.19. The fourth-order valence-electron chi connectivity index (χ4n) is 6.05. The van der Waals surface area contributed by atoms with Crippen LogP contribution in [0.25, 0.3) is 76.1 Å². The number of benzene rings is 6. The number of hydrogen-bond acceptors (Lipinski definition) is 4. The molecule has 0 aliphatic rings. The molecule has 0 saturated heterocycles. The van der Waals surface area contributed by atoms with Crippen LogP contribution >= 0.6 is 11.3 Å².